The topological polar surface area (TPSA) is 24.3 Å². The predicted molar refractivity (Wildman–Crippen MR) is 76.4 cm³/mol. The summed E-state index contributed by atoms with van der Waals surface area (Å²) >= 11 is 6.06. The average Bonchev–Trinajstić information content (AvgIpc) is 2.63. The summed E-state index contributed by atoms with van der Waals surface area (Å²) in [6.07, 6.45) is 0. The average molecular weight is 271 g/mol. The zero-order chi connectivity index (χ0) is 13.3. The first-order chi connectivity index (χ1) is 8.54. The molecular weight excluding hydrogens is 248 g/mol. The predicted octanol–water partition coefficient (Wildman–Crippen LogP) is 2.00. The fourth-order valence-corrected chi connectivity index (χ4v) is 3.00. The monoisotopic (exact) mass is 270 g/mol. The molecule has 0 radical (unpaired) electrons. The van der Waals surface area contributed by atoms with Gasteiger partial charge >= 0.3 is 0 Å². The molecule has 1 aromatic heterocycles. The molecule has 0 unspecified atom stereocenters. The van der Waals surface area contributed by atoms with E-state index in [1.54, 1.807) is 0 Å². The molecule has 1 aliphatic rings. The highest BCUT2D eigenvalue weighted by atomic mass is 35.5. The van der Waals surface area contributed by atoms with E-state index in [1.807, 2.05) is 18.7 Å². The van der Waals surface area contributed by atoms with Gasteiger partial charge in [0.15, 0.2) is 0 Å². The second kappa shape index (κ2) is 5.49. The van der Waals surface area contributed by atoms with Gasteiger partial charge in [-0.05, 0) is 20.8 Å². The Morgan fingerprint density at radius 2 is 1.83 bits per heavy atom. The molecule has 2 heterocycles. The number of anilines is 1. The Morgan fingerprint density at radius 3 is 2.33 bits per heavy atom. The summed E-state index contributed by atoms with van der Waals surface area (Å²) < 4.78 is 1.97. The van der Waals surface area contributed by atoms with E-state index in [2.05, 4.69) is 28.7 Å². The third-order valence-corrected chi connectivity index (χ3v) is 4.06. The van der Waals surface area contributed by atoms with E-state index in [1.165, 1.54) is 11.4 Å². The number of hydrogen-bond acceptors (Lipinski definition) is 3. The zero-order valence-corrected chi connectivity index (χ0v) is 12.5. The van der Waals surface area contributed by atoms with Crippen LogP contribution in [0.4, 0.5) is 5.82 Å². The zero-order valence-electron chi connectivity index (χ0n) is 11.8. The van der Waals surface area contributed by atoms with Gasteiger partial charge in [-0.3, -0.25) is 9.58 Å². The maximum absolute atomic E-state index is 6.06. The number of aryl methyl sites for hydroxylation is 2. The largest absolute Gasteiger partial charge is 0.354 e. The van der Waals surface area contributed by atoms with Crippen LogP contribution in [0.15, 0.2) is 0 Å². The van der Waals surface area contributed by atoms with Crippen molar-refractivity contribution in [3.05, 3.63) is 11.3 Å². The summed E-state index contributed by atoms with van der Waals surface area (Å²) in [6.45, 7) is 10.9. The van der Waals surface area contributed by atoms with Gasteiger partial charge in [0.2, 0.25) is 0 Å². The van der Waals surface area contributed by atoms with E-state index in [4.69, 9.17) is 11.6 Å². The number of halogens is 1. The third-order valence-electron chi connectivity index (χ3n) is 3.79. The molecule has 1 aliphatic heterocycles. The minimum Gasteiger partial charge on any atom is -0.354 e. The highest BCUT2D eigenvalue weighted by Crippen LogP contribution is 2.26. The highest BCUT2D eigenvalue weighted by molar-refractivity contribution is 6.17. The number of nitrogens with zero attached hydrogens (tertiary/aromatic N) is 4. The quantitative estimate of drug-likeness (QED) is 0.786. The molecule has 5 heteroatoms. The summed E-state index contributed by atoms with van der Waals surface area (Å²) in [5, 5.41) is 4.49. The molecule has 0 saturated carbocycles. The Bertz CT molecular complexity index is 405. The fourth-order valence-electron chi connectivity index (χ4n) is 2.69. The maximum Gasteiger partial charge on any atom is 0.131 e. The smallest absolute Gasteiger partial charge is 0.131 e. The molecule has 4 nitrogen and oxygen atoms in total. The summed E-state index contributed by atoms with van der Waals surface area (Å²) in [4.78, 5) is 4.93. The second-order valence-corrected chi connectivity index (χ2v) is 5.53. The van der Waals surface area contributed by atoms with Gasteiger partial charge in [0, 0.05) is 44.8 Å². The molecule has 0 bridgehead atoms. The van der Waals surface area contributed by atoms with E-state index in [0.29, 0.717) is 11.9 Å². The second-order valence-electron chi connectivity index (χ2n) is 5.26. The molecular formula is C13H23ClN4. The fraction of sp³-hybridized carbons (Fsp3) is 0.769. The van der Waals surface area contributed by atoms with Crippen LogP contribution in [0.5, 0.6) is 0 Å². The van der Waals surface area contributed by atoms with Crippen LogP contribution in [-0.2, 0) is 12.9 Å². The van der Waals surface area contributed by atoms with Gasteiger partial charge in [-0.15, -0.1) is 11.6 Å². The Kier molecular flexibility index (Phi) is 4.17. The van der Waals surface area contributed by atoms with E-state index in [9.17, 15) is 0 Å². The summed E-state index contributed by atoms with van der Waals surface area (Å²) in [5.74, 6) is 1.74. The summed E-state index contributed by atoms with van der Waals surface area (Å²) in [7, 11) is 2.01. The van der Waals surface area contributed by atoms with Crippen LogP contribution in [0.3, 0.4) is 0 Å². The molecule has 0 N–H and O–H groups in total. The van der Waals surface area contributed by atoms with Crippen LogP contribution in [0.25, 0.3) is 0 Å². The lowest BCUT2D eigenvalue weighted by Gasteiger charge is -2.38. The van der Waals surface area contributed by atoms with Gasteiger partial charge in [-0.2, -0.15) is 5.10 Å². The van der Waals surface area contributed by atoms with Crippen LogP contribution >= 0.6 is 11.6 Å². The molecule has 0 atom stereocenters. The van der Waals surface area contributed by atoms with Crippen molar-refractivity contribution < 1.29 is 0 Å². The summed E-state index contributed by atoms with van der Waals surface area (Å²) in [5.41, 5.74) is 2.23. The molecule has 102 valence electrons. The summed E-state index contributed by atoms with van der Waals surface area (Å²) in [6, 6.07) is 0.632. The molecule has 1 aromatic rings. The lowest BCUT2D eigenvalue weighted by Crippen LogP contribution is -2.49. The number of alkyl halides is 1. The highest BCUT2D eigenvalue weighted by Gasteiger charge is 2.24. The number of piperazine rings is 1. The van der Waals surface area contributed by atoms with Crippen molar-refractivity contribution in [1.82, 2.24) is 14.7 Å². The van der Waals surface area contributed by atoms with E-state index < -0.39 is 0 Å². The lowest BCUT2D eigenvalue weighted by atomic mass is 10.2. The molecule has 0 aliphatic carbocycles. The van der Waals surface area contributed by atoms with Gasteiger partial charge in [-0.1, -0.05) is 0 Å². The van der Waals surface area contributed by atoms with E-state index >= 15 is 0 Å². The molecule has 0 aromatic carbocycles. The molecule has 2 rings (SSSR count). The van der Waals surface area contributed by atoms with Crippen LogP contribution < -0.4 is 4.90 Å². The lowest BCUT2D eigenvalue weighted by molar-refractivity contribution is 0.208. The third kappa shape index (κ3) is 2.50. The number of rotatable bonds is 3. The molecule has 1 saturated heterocycles. The van der Waals surface area contributed by atoms with Gasteiger partial charge in [0.05, 0.1) is 11.6 Å². The van der Waals surface area contributed by atoms with Crippen molar-refractivity contribution >= 4 is 17.4 Å². The van der Waals surface area contributed by atoms with Crippen molar-refractivity contribution in [2.75, 3.05) is 31.1 Å². The van der Waals surface area contributed by atoms with Crippen molar-refractivity contribution in [3.8, 4) is 0 Å². The number of hydrogen-bond donors (Lipinski definition) is 0. The van der Waals surface area contributed by atoms with E-state index in [-0.39, 0.29) is 0 Å². The van der Waals surface area contributed by atoms with Crippen LogP contribution in [0.1, 0.15) is 25.1 Å². The molecule has 0 amide bonds. The molecule has 0 spiro atoms. The molecule has 18 heavy (non-hydrogen) atoms. The van der Waals surface area contributed by atoms with Gasteiger partial charge in [0.1, 0.15) is 5.82 Å². The van der Waals surface area contributed by atoms with Crippen LogP contribution in [-0.4, -0.2) is 46.9 Å². The Balaban J connectivity index is 2.14. The van der Waals surface area contributed by atoms with Crippen molar-refractivity contribution in [1.29, 1.82) is 0 Å². The van der Waals surface area contributed by atoms with Gasteiger partial charge in [-0.25, -0.2) is 0 Å². The Labute approximate surface area is 115 Å². The Morgan fingerprint density at radius 1 is 1.22 bits per heavy atom. The van der Waals surface area contributed by atoms with Crippen molar-refractivity contribution in [2.24, 2.45) is 7.05 Å². The maximum atomic E-state index is 6.06. The first kappa shape index (κ1) is 13.7. The van der Waals surface area contributed by atoms with Gasteiger partial charge in [0.25, 0.3) is 0 Å². The number of aromatic nitrogens is 2. The minimum absolute atomic E-state index is 0.541. The van der Waals surface area contributed by atoms with Crippen LogP contribution in [0.2, 0.25) is 0 Å². The molecule has 1 fully saturated rings. The first-order valence-electron chi connectivity index (χ1n) is 6.62. The normalized spacial score (nSPS) is 17.8. The Hall–Kier alpha value is -0.740. The standard InChI is InChI=1S/C13H23ClN4/c1-10(2)17-5-7-18(8-6-17)13-12(9-14)11(3)15-16(13)4/h10H,5-9H2,1-4H3. The van der Waals surface area contributed by atoms with Gasteiger partial charge < -0.3 is 4.90 Å². The van der Waals surface area contributed by atoms with Crippen molar-refractivity contribution in [2.45, 2.75) is 32.7 Å². The van der Waals surface area contributed by atoms with Crippen molar-refractivity contribution in [3.63, 3.8) is 0 Å². The first-order valence-corrected chi connectivity index (χ1v) is 7.15. The van der Waals surface area contributed by atoms with E-state index in [0.717, 1.165) is 31.9 Å². The SMILES string of the molecule is Cc1nn(C)c(N2CCN(C(C)C)CC2)c1CCl. The minimum atomic E-state index is 0.541. The van der Waals surface area contributed by atoms with Crippen LogP contribution in [0, 0.1) is 6.92 Å².